The first kappa shape index (κ1) is 21.0. The van der Waals surface area contributed by atoms with Crippen LogP contribution in [-0.4, -0.2) is 35.2 Å². The molecule has 2 aromatic rings. The Bertz CT molecular complexity index is 880. The Labute approximate surface area is 166 Å². The van der Waals surface area contributed by atoms with E-state index in [2.05, 4.69) is 10.6 Å². The number of thioether (sulfide) groups is 1. The molecule has 0 saturated heterocycles. The number of benzene rings is 2. The molecule has 0 spiro atoms. The molecular formula is C20H20N2O5S. The zero-order valence-corrected chi connectivity index (χ0v) is 16.2. The van der Waals surface area contributed by atoms with Gasteiger partial charge in [-0.25, -0.2) is 4.79 Å². The Morgan fingerprint density at radius 1 is 1.04 bits per heavy atom. The van der Waals surface area contributed by atoms with E-state index in [1.165, 1.54) is 11.8 Å². The van der Waals surface area contributed by atoms with Crippen molar-refractivity contribution in [2.75, 3.05) is 17.7 Å². The molecule has 0 fully saturated rings. The van der Waals surface area contributed by atoms with Gasteiger partial charge in [0.25, 0.3) is 0 Å². The van der Waals surface area contributed by atoms with Crippen molar-refractivity contribution in [2.24, 2.45) is 0 Å². The van der Waals surface area contributed by atoms with Crippen LogP contribution in [0.15, 0.2) is 65.6 Å². The van der Waals surface area contributed by atoms with Crippen LogP contribution in [0.1, 0.15) is 6.92 Å². The van der Waals surface area contributed by atoms with Crippen LogP contribution in [0, 0.1) is 0 Å². The number of hydrogen-bond donors (Lipinski definition) is 3. The van der Waals surface area contributed by atoms with Crippen LogP contribution in [0.3, 0.4) is 0 Å². The van der Waals surface area contributed by atoms with Gasteiger partial charge in [-0.2, -0.15) is 0 Å². The summed E-state index contributed by atoms with van der Waals surface area (Å²) in [5, 5.41) is 13.6. The highest BCUT2D eigenvalue weighted by molar-refractivity contribution is 8.00. The van der Waals surface area contributed by atoms with Crippen LogP contribution in [-0.2, 0) is 14.4 Å². The number of anilines is 2. The van der Waals surface area contributed by atoms with Crippen molar-refractivity contribution < 1.29 is 24.2 Å². The van der Waals surface area contributed by atoms with Gasteiger partial charge in [0.15, 0.2) is 0 Å². The number of carboxylic acid groups (broad SMARTS) is 1. The predicted octanol–water partition coefficient (Wildman–Crippen LogP) is 3.39. The molecule has 0 bridgehead atoms. The summed E-state index contributed by atoms with van der Waals surface area (Å²) >= 11 is 1.34. The Morgan fingerprint density at radius 3 is 2.39 bits per heavy atom. The van der Waals surface area contributed by atoms with E-state index in [9.17, 15) is 14.4 Å². The highest BCUT2D eigenvalue weighted by atomic mass is 32.2. The van der Waals surface area contributed by atoms with Gasteiger partial charge >= 0.3 is 5.97 Å². The normalized spacial score (nSPS) is 11.6. The lowest BCUT2D eigenvalue weighted by Gasteiger charge is -2.13. The van der Waals surface area contributed by atoms with Gasteiger partial charge in [0.1, 0.15) is 5.75 Å². The minimum atomic E-state index is -1.20. The highest BCUT2D eigenvalue weighted by Gasteiger charge is 2.15. The molecule has 2 aromatic carbocycles. The maximum Gasteiger partial charge on any atom is 0.328 e. The second kappa shape index (κ2) is 10.2. The molecule has 0 heterocycles. The summed E-state index contributed by atoms with van der Waals surface area (Å²) < 4.78 is 5.09. The minimum absolute atomic E-state index is 0.158. The molecule has 0 aliphatic carbocycles. The number of carboxylic acids is 1. The fraction of sp³-hybridized carbons (Fsp3) is 0.150. The van der Waals surface area contributed by atoms with Gasteiger partial charge in [-0.05, 0) is 49.4 Å². The second-order valence-electron chi connectivity index (χ2n) is 5.67. The molecule has 146 valence electrons. The standard InChI is InChI=1S/C20H20N2O5S/c1-13(20(26)22-14-6-8-16(27-2)9-7-14)28-17-5-3-4-15(12-17)21-18(23)10-11-19(24)25/h3-13H,1-2H3,(H,21,23)(H,22,26)(H,24,25)/b11-10+. The Balaban J connectivity index is 1.95. The number of amides is 2. The zero-order chi connectivity index (χ0) is 20.5. The number of hydrogen-bond acceptors (Lipinski definition) is 5. The summed E-state index contributed by atoms with van der Waals surface area (Å²) in [6, 6.07) is 14.0. The number of methoxy groups -OCH3 is 1. The van der Waals surface area contributed by atoms with E-state index in [4.69, 9.17) is 9.84 Å². The first-order chi connectivity index (χ1) is 13.4. The third kappa shape index (κ3) is 6.81. The number of aliphatic carboxylic acids is 1. The van der Waals surface area contributed by atoms with E-state index in [1.807, 2.05) is 6.07 Å². The van der Waals surface area contributed by atoms with E-state index >= 15 is 0 Å². The Kier molecular flexibility index (Phi) is 7.65. The van der Waals surface area contributed by atoms with Gasteiger partial charge in [0.05, 0.1) is 12.4 Å². The summed E-state index contributed by atoms with van der Waals surface area (Å²) in [5.41, 5.74) is 1.18. The SMILES string of the molecule is COc1ccc(NC(=O)C(C)Sc2cccc(NC(=O)/C=C/C(=O)O)c2)cc1. The molecule has 1 unspecified atom stereocenters. The van der Waals surface area contributed by atoms with Gasteiger partial charge in [0.2, 0.25) is 11.8 Å². The monoisotopic (exact) mass is 400 g/mol. The average Bonchev–Trinajstić information content (AvgIpc) is 2.67. The van der Waals surface area contributed by atoms with Crippen molar-refractivity contribution in [3.8, 4) is 5.75 Å². The summed E-state index contributed by atoms with van der Waals surface area (Å²) in [4.78, 5) is 35.3. The number of carbonyl (C=O) groups excluding carboxylic acids is 2. The van der Waals surface area contributed by atoms with Crippen molar-refractivity contribution in [2.45, 2.75) is 17.1 Å². The van der Waals surface area contributed by atoms with E-state index < -0.39 is 11.9 Å². The smallest absolute Gasteiger partial charge is 0.328 e. The molecule has 2 amide bonds. The summed E-state index contributed by atoms with van der Waals surface area (Å²) in [6.45, 7) is 1.78. The lowest BCUT2D eigenvalue weighted by Crippen LogP contribution is -2.22. The summed E-state index contributed by atoms with van der Waals surface area (Å²) in [6.07, 6.45) is 1.70. The van der Waals surface area contributed by atoms with Gasteiger partial charge in [0, 0.05) is 28.4 Å². The number of carbonyl (C=O) groups is 3. The maximum absolute atomic E-state index is 12.4. The van der Waals surface area contributed by atoms with Crippen molar-refractivity contribution in [3.05, 3.63) is 60.7 Å². The van der Waals surface area contributed by atoms with E-state index in [0.29, 0.717) is 17.1 Å². The lowest BCUT2D eigenvalue weighted by molar-refractivity contribution is -0.131. The Hall–Kier alpha value is -3.26. The third-order valence-corrected chi connectivity index (χ3v) is 4.61. The fourth-order valence-corrected chi connectivity index (χ4v) is 3.08. The van der Waals surface area contributed by atoms with Crippen LogP contribution < -0.4 is 15.4 Å². The fourth-order valence-electron chi connectivity index (χ4n) is 2.15. The molecule has 0 aliphatic heterocycles. The van der Waals surface area contributed by atoms with E-state index in [1.54, 1.807) is 56.5 Å². The Morgan fingerprint density at radius 2 is 1.75 bits per heavy atom. The molecular weight excluding hydrogens is 380 g/mol. The zero-order valence-electron chi connectivity index (χ0n) is 15.3. The van der Waals surface area contributed by atoms with Gasteiger partial charge in [-0.3, -0.25) is 9.59 Å². The van der Waals surface area contributed by atoms with Gasteiger partial charge in [-0.1, -0.05) is 6.07 Å². The van der Waals surface area contributed by atoms with E-state index in [-0.39, 0.29) is 11.2 Å². The molecule has 8 heteroatoms. The molecule has 3 N–H and O–H groups in total. The second-order valence-corrected chi connectivity index (χ2v) is 7.08. The first-order valence-electron chi connectivity index (χ1n) is 8.31. The number of ether oxygens (including phenoxy) is 1. The lowest BCUT2D eigenvalue weighted by atomic mass is 10.3. The van der Waals surface area contributed by atoms with Gasteiger partial charge < -0.3 is 20.5 Å². The van der Waals surface area contributed by atoms with Crippen molar-refractivity contribution in [1.29, 1.82) is 0 Å². The van der Waals surface area contributed by atoms with Crippen LogP contribution >= 0.6 is 11.8 Å². The topological polar surface area (TPSA) is 105 Å². The molecule has 1 atom stereocenters. The summed E-state index contributed by atoms with van der Waals surface area (Å²) in [5.74, 6) is -1.20. The molecule has 0 radical (unpaired) electrons. The maximum atomic E-state index is 12.4. The van der Waals surface area contributed by atoms with Crippen molar-refractivity contribution in [1.82, 2.24) is 0 Å². The molecule has 0 saturated carbocycles. The third-order valence-electron chi connectivity index (χ3n) is 3.52. The first-order valence-corrected chi connectivity index (χ1v) is 9.19. The van der Waals surface area contributed by atoms with Crippen molar-refractivity contribution >= 4 is 40.9 Å². The van der Waals surface area contributed by atoms with E-state index in [0.717, 1.165) is 17.0 Å². The van der Waals surface area contributed by atoms with Crippen LogP contribution in [0.2, 0.25) is 0 Å². The minimum Gasteiger partial charge on any atom is -0.497 e. The molecule has 0 aromatic heterocycles. The number of rotatable bonds is 8. The van der Waals surface area contributed by atoms with Crippen LogP contribution in [0.4, 0.5) is 11.4 Å². The van der Waals surface area contributed by atoms with Gasteiger partial charge in [-0.15, -0.1) is 11.8 Å². The largest absolute Gasteiger partial charge is 0.497 e. The summed E-state index contributed by atoms with van der Waals surface area (Å²) in [7, 11) is 1.57. The van der Waals surface area contributed by atoms with Crippen LogP contribution in [0.25, 0.3) is 0 Å². The van der Waals surface area contributed by atoms with Crippen molar-refractivity contribution in [3.63, 3.8) is 0 Å². The molecule has 2 rings (SSSR count). The van der Waals surface area contributed by atoms with Crippen LogP contribution in [0.5, 0.6) is 5.75 Å². The quantitative estimate of drug-likeness (QED) is 0.463. The predicted molar refractivity (Wildman–Crippen MR) is 109 cm³/mol. The molecule has 28 heavy (non-hydrogen) atoms. The average molecular weight is 400 g/mol. The molecule has 7 nitrogen and oxygen atoms in total. The highest BCUT2D eigenvalue weighted by Crippen LogP contribution is 2.27. The molecule has 0 aliphatic rings. The number of nitrogens with one attached hydrogen (secondary N) is 2.